The van der Waals surface area contributed by atoms with Crippen LogP contribution in [0.1, 0.15) is 175 Å². The first-order valence-corrected chi connectivity index (χ1v) is 20.9. The zero-order valence-electron chi connectivity index (χ0n) is 32.7. The quantitative estimate of drug-likeness (QED) is 0.0284. The van der Waals surface area contributed by atoms with Gasteiger partial charge in [0.15, 0.2) is 0 Å². The molecule has 0 aromatic carbocycles. The molecular weight excluding hydrogens is 646 g/mol. The Bertz CT molecular complexity index is 896. The van der Waals surface area contributed by atoms with E-state index in [1.807, 2.05) is 6.08 Å². The van der Waals surface area contributed by atoms with Crippen LogP contribution in [-0.2, 0) is 9.53 Å². The largest absolute Gasteiger partial charge is 0.396 e. The molecule has 9 nitrogen and oxygen atoms in total. The van der Waals surface area contributed by atoms with Gasteiger partial charge in [-0.05, 0) is 45.4 Å². The van der Waals surface area contributed by atoms with Crippen molar-refractivity contribution < 1.29 is 40.2 Å². The predicted octanol–water partition coefficient (Wildman–Crippen LogP) is 7.19. The molecule has 1 saturated carbocycles. The van der Waals surface area contributed by atoms with E-state index in [4.69, 9.17) is 4.74 Å². The van der Waals surface area contributed by atoms with Crippen LogP contribution in [0.3, 0.4) is 0 Å². The van der Waals surface area contributed by atoms with Crippen molar-refractivity contribution in [2.75, 3.05) is 13.2 Å². The third-order valence-electron chi connectivity index (χ3n) is 10.5. The summed E-state index contributed by atoms with van der Waals surface area (Å²) in [7, 11) is 0. The maximum atomic E-state index is 13.0. The first-order valence-electron chi connectivity index (χ1n) is 20.9. The van der Waals surface area contributed by atoms with Crippen molar-refractivity contribution in [2.24, 2.45) is 5.92 Å². The molecule has 0 saturated heterocycles. The maximum Gasteiger partial charge on any atom is 0.249 e. The summed E-state index contributed by atoms with van der Waals surface area (Å²) in [4.78, 5) is 13.0. The second kappa shape index (κ2) is 31.1. The summed E-state index contributed by atoms with van der Waals surface area (Å²) in [6.45, 7) is 6.07. The zero-order chi connectivity index (χ0) is 37.7. The highest BCUT2D eigenvalue weighted by Crippen LogP contribution is 2.28. The van der Waals surface area contributed by atoms with Crippen molar-refractivity contribution >= 4 is 5.91 Å². The molecule has 1 rings (SSSR count). The Kier molecular flexibility index (Phi) is 29.0. The number of carbonyl (C=O) groups is 1. The van der Waals surface area contributed by atoms with Gasteiger partial charge in [0.1, 0.15) is 18.3 Å². The molecule has 9 heteroatoms. The molecule has 1 aliphatic rings. The maximum absolute atomic E-state index is 13.0. The molecule has 1 fully saturated rings. The van der Waals surface area contributed by atoms with E-state index >= 15 is 0 Å². The fourth-order valence-corrected chi connectivity index (χ4v) is 6.93. The minimum absolute atomic E-state index is 0.106. The summed E-state index contributed by atoms with van der Waals surface area (Å²) in [5.41, 5.74) is 1.37. The van der Waals surface area contributed by atoms with Gasteiger partial charge in [-0.15, -0.1) is 0 Å². The number of nitrogens with one attached hydrogen (secondary N) is 1. The van der Waals surface area contributed by atoms with Gasteiger partial charge in [-0.25, -0.2) is 0 Å². The Balaban J connectivity index is 2.59. The van der Waals surface area contributed by atoms with E-state index in [2.05, 4.69) is 32.2 Å². The lowest BCUT2D eigenvalue weighted by atomic mass is 9.81. The van der Waals surface area contributed by atoms with Gasteiger partial charge in [-0.3, -0.25) is 4.79 Å². The second-order valence-corrected chi connectivity index (χ2v) is 15.2. The molecule has 7 N–H and O–H groups in total. The van der Waals surface area contributed by atoms with Crippen molar-refractivity contribution in [3.63, 3.8) is 0 Å². The molecule has 0 aromatic rings. The number of allylic oxidation sites excluding steroid dienone is 3. The molecule has 0 heterocycles. The average molecular weight is 726 g/mol. The molecule has 0 radical (unpaired) electrons. The number of carbonyl (C=O) groups excluding carboxylic acids is 1. The van der Waals surface area contributed by atoms with Crippen LogP contribution in [0.2, 0.25) is 0 Å². The Hall–Kier alpha value is -1.33. The smallest absolute Gasteiger partial charge is 0.249 e. The van der Waals surface area contributed by atoms with Crippen LogP contribution < -0.4 is 5.32 Å². The van der Waals surface area contributed by atoms with Gasteiger partial charge < -0.3 is 40.7 Å². The molecule has 1 aliphatic carbocycles. The molecule has 0 aromatic heterocycles. The van der Waals surface area contributed by atoms with Crippen molar-refractivity contribution in [1.82, 2.24) is 5.32 Å². The fraction of sp³-hybridized carbons (Fsp3) is 0.881. The molecule has 0 spiro atoms. The Morgan fingerprint density at radius 3 is 1.82 bits per heavy atom. The monoisotopic (exact) mass is 726 g/mol. The molecule has 300 valence electrons. The van der Waals surface area contributed by atoms with Gasteiger partial charge in [-0.1, -0.05) is 153 Å². The van der Waals surface area contributed by atoms with Gasteiger partial charge in [-0.2, -0.15) is 0 Å². The van der Waals surface area contributed by atoms with E-state index in [9.17, 15) is 35.4 Å². The van der Waals surface area contributed by atoms with E-state index in [-0.39, 0.29) is 19.6 Å². The highest BCUT2D eigenvalue weighted by Gasteiger charge is 2.43. The van der Waals surface area contributed by atoms with E-state index < -0.39 is 54.5 Å². The Morgan fingerprint density at radius 2 is 1.27 bits per heavy atom. The number of aliphatic hydroxyl groups is 6. The lowest BCUT2D eigenvalue weighted by Gasteiger charge is -2.40. The highest BCUT2D eigenvalue weighted by atomic mass is 16.5. The van der Waals surface area contributed by atoms with Crippen molar-refractivity contribution in [1.29, 1.82) is 0 Å². The number of aliphatic hydroxyl groups excluding tert-OH is 6. The standard InChI is InChI=1S/C42H79NO8/c1-4-6-8-10-12-13-14-15-16-18-20-24-29-37(46)42(50)43-35(32-51-38-30-34(31-44)39(47)41(49)40(38)48)36(45)28-25-21-23-27-33(3)26-22-19-17-11-9-7-5-2/h25,27-28,34-41,44-49H,4-24,26,29-32H2,1-3H3,(H,43,50)/b28-25+,33-27+. The van der Waals surface area contributed by atoms with Gasteiger partial charge in [0.2, 0.25) is 5.91 Å². The highest BCUT2D eigenvalue weighted by molar-refractivity contribution is 5.80. The molecule has 0 bridgehead atoms. The lowest BCUT2D eigenvalue weighted by Crippen LogP contribution is -2.56. The SMILES string of the molecule is CCCCCCCCCCCCCCC(O)C(=O)NC(COC1CC(CO)C(O)C(O)C1O)C(O)/C=C/CC/C=C(\C)CCCCCCCCC. The lowest BCUT2D eigenvalue weighted by molar-refractivity contribution is -0.181. The summed E-state index contributed by atoms with van der Waals surface area (Å²) in [6.07, 6.45) is 24.8. The normalized spacial score (nSPS) is 23.1. The van der Waals surface area contributed by atoms with Crippen molar-refractivity contribution in [2.45, 2.75) is 218 Å². The van der Waals surface area contributed by atoms with Crippen LogP contribution in [0.25, 0.3) is 0 Å². The summed E-state index contributed by atoms with van der Waals surface area (Å²) in [5, 5.41) is 65.0. The molecule has 1 amide bonds. The molecule has 0 aliphatic heterocycles. The van der Waals surface area contributed by atoms with Crippen LogP contribution >= 0.6 is 0 Å². The number of hydrogen-bond donors (Lipinski definition) is 7. The number of rotatable bonds is 32. The average Bonchev–Trinajstić information content (AvgIpc) is 3.12. The number of unbranched alkanes of at least 4 members (excludes halogenated alkanes) is 18. The van der Waals surface area contributed by atoms with E-state index in [1.54, 1.807) is 6.08 Å². The molecular formula is C42H79NO8. The Morgan fingerprint density at radius 1 is 0.745 bits per heavy atom. The van der Waals surface area contributed by atoms with E-state index in [0.29, 0.717) is 6.42 Å². The van der Waals surface area contributed by atoms with Gasteiger partial charge in [0, 0.05) is 12.5 Å². The van der Waals surface area contributed by atoms with Gasteiger partial charge in [0.05, 0.1) is 31.0 Å². The van der Waals surface area contributed by atoms with Crippen LogP contribution in [-0.4, -0.2) is 92.4 Å². The third-order valence-corrected chi connectivity index (χ3v) is 10.5. The summed E-state index contributed by atoms with van der Waals surface area (Å²) in [6, 6.07) is -0.913. The van der Waals surface area contributed by atoms with Crippen molar-refractivity contribution in [3.8, 4) is 0 Å². The number of amides is 1. The molecule has 8 unspecified atom stereocenters. The third kappa shape index (κ3) is 22.5. The second-order valence-electron chi connectivity index (χ2n) is 15.2. The van der Waals surface area contributed by atoms with Gasteiger partial charge in [0.25, 0.3) is 0 Å². The summed E-state index contributed by atoms with van der Waals surface area (Å²) < 4.78 is 5.89. The Labute approximate surface area is 311 Å². The molecule has 8 atom stereocenters. The number of hydrogen-bond acceptors (Lipinski definition) is 8. The van der Waals surface area contributed by atoms with Gasteiger partial charge >= 0.3 is 0 Å². The minimum atomic E-state index is -1.49. The first-order chi connectivity index (χ1) is 24.7. The first kappa shape index (κ1) is 47.7. The van der Waals surface area contributed by atoms with Crippen LogP contribution in [0.15, 0.2) is 23.8 Å². The topological polar surface area (TPSA) is 160 Å². The minimum Gasteiger partial charge on any atom is -0.396 e. The fourth-order valence-electron chi connectivity index (χ4n) is 6.93. The van der Waals surface area contributed by atoms with Crippen LogP contribution in [0, 0.1) is 5.92 Å². The summed E-state index contributed by atoms with van der Waals surface area (Å²) >= 11 is 0. The van der Waals surface area contributed by atoms with Crippen LogP contribution in [0.4, 0.5) is 0 Å². The van der Waals surface area contributed by atoms with Crippen LogP contribution in [0.5, 0.6) is 0 Å². The predicted molar refractivity (Wildman–Crippen MR) is 207 cm³/mol. The van der Waals surface area contributed by atoms with E-state index in [1.165, 1.54) is 108 Å². The zero-order valence-corrected chi connectivity index (χ0v) is 32.7. The molecule has 51 heavy (non-hydrogen) atoms. The van der Waals surface area contributed by atoms with Crippen molar-refractivity contribution in [3.05, 3.63) is 23.8 Å². The van der Waals surface area contributed by atoms with E-state index in [0.717, 1.165) is 38.5 Å². The number of ether oxygens (including phenoxy) is 1. The summed E-state index contributed by atoms with van der Waals surface area (Å²) in [5.74, 6) is -1.26.